The number of carbonyl (C=O) groups is 2. The Morgan fingerprint density at radius 2 is 1.81 bits per heavy atom. The van der Waals surface area contributed by atoms with E-state index in [-0.39, 0.29) is 12.5 Å². The van der Waals surface area contributed by atoms with Gasteiger partial charge in [0.1, 0.15) is 0 Å². The lowest BCUT2D eigenvalue weighted by atomic mass is 10.1. The molecule has 0 spiro atoms. The summed E-state index contributed by atoms with van der Waals surface area (Å²) in [6.45, 7) is 1.91. The van der Waals surface area contributed by atoms with E-state index in [1.165, 1.54) is 0 Å². The number of carboxylic acid groups (broad SMARTS) is 1. The molecule has 0 aliphatic rings. The zero-order chi connectivity index (χ0) is 15.2. The van der Waals surface area contributed by atoms with Crippen LogP contribution in [-0.2, 0) is 11.2 Å². The summed E-state index contributed by atoms with van der Waals surface area (Å²) in [4.78, 5) is 22.6. The second-order valence-electron chi connectivity index (χ2n) is 4.66. The number of carbonyl (C=O) groups excluding carboxylic acids is 1. The molecule has 108 valence electrons. The quantitative estimate of drug-likeness (QED) is 0.806. The van der Waals surface area contributed by atoms with E-state index in [0.29, 0.717) is 11.3 Å². The molecule has 0 radical (unpaired) electrons. The van der Waals surface area contributed by atoms with Crippen LogP contribution in [0.4, 0.5) is 16.2 Å². The molecule has 0 heterocycles. The highest BCUT2D eigenvalue weighted by Gasteiger charge is 2.06. The SMILES string of the molecule is Cc1ccccc1NC(=O)Nc1cccc(CC(=O)O)c1. The van der Waals surface area contributed by atoms with Gasteiger partial charge in [-0.05, 0) is 36.2 Å². The summed E-state index contributed by atoms with van der Waals surface area (Å²) >= 11 is 0. The molecule has 0 aromatic heterocycles. The van der Waals surface area contributed by atoms with Crippen LogP contribution in [0.1, 0.15) is 11.1 Å². The van der Waals surface area contributed by atoms with Crippen LogP contribution in [0.2, 0.25) is 0 Å². The Hall–Kier alpha value is -2.82. The normalized spacial score (nSPS) is 9.95. The zero-order valence-corrected chi connectivity index (χ0v) is 11.6. The number of anilines is 2. The Kier molecular flexibility index (Phi) is 4.56. The summed E-state index contributed by atoms with van der Waals surface area (Å²) in [5.41, 5.74) is 2.89. The Morgan fingerprint density at radius 1 is 1.05 bits per heavy atom. The lowest BCUT2D eigenvalue weighted by molar-refractivity contribution is -0.136. The van der Waals surface area contributed by atoms with Gasteiger partial charge >= 0.3 is 12.0 Å². The van der Waals surface area contributed by atoms with Gasteiger partial charge in [0.2, 0.25) is 0 Å². The number of aryl methyl sites for hydroxylation is 1. The number of hydrogen-bond donors (Lipinski definition) is 3. The van der Waals surface area contributed by atoms with Gasteiger partial charge in [-0.15, -0.1) is 0 Å². The van der Waals surface area contributed by atoms with Gasteiger partial charge in [-0.25, -0.2) is 4.79 Å². The van der Waals surface area contributed by atoms with Crippen LogP contribution >= 0.6 is 0 Å². The van der Waals surface area contributed by atoms with Crippen molar-refractivity contribution in [3.8, 4) is 0 Å². The predicted molar refractivity (Wildman–Crippen MR) is 81.6 cm³/mol. The minimum atomic E-state index is -0.906. The van der Waals surface area contributed by atoms with E-state index in [9.17, 15) is 9.59 Å². The first-order chi connectivity index (χ1) is 10.0. The molecule has 2 amide bonds. The Labute approximate surface area is 122 Å². The Morgan fingerprint density at radius 3 is 2.52 bits per heavy atom. The van der Waals surface area contributed by atoms with Crippen molar-refractivity contribution in [1.29, 1.82) is 0 Å². The molecule has 3 N–H and O–H groups in total. The van der Waals surface area contributed by atoms with Gasteiger partial charge in [-0.2, -0.15) is 0 Å². The summed E-state index contributed by atoms with van der Waals surface area (Å²) in [6.07, 6.45) is -0.0745. The third kappa shape index (κ3) is 4.35. The molecule has 0 atom stereocenters. The van der Waals surface area contributed by atoms with Gasteiger partial charge in [0.05, 0.1) is 6.42 Å². The molecule has 0 unspecified atom stereocenters. The fourth-order valence-electron chi connectivity index (χ4n) is 1.93. The fraction of sp³-hybridized carbons (Fsp3) is 0.125. The molecule has 0 saturated heterocycles. The number of amides is 2. The van der Waals surface area contributed by atoms with Crippen molar-refractivity contribution in [2.24, 2.45) is 0 Å². The van der Waals surface area contributed by atoms with Crippen molar-refractivity contribution in [1.82, 2.24) is 0 Å². The van der Waals surface area contributed by atoms with Crippen LogP contribution in [0.15, 0.2) is 48.5 Å². The van der Waals surface area contributed by atoms with E-state index < -0.39 is 5.97 Å². The molecule has 2 rings (SSSR count). The number of rotatable bonds is 4. The summed E-state index contributed by atoms with van der Waals surface area (Å²) in [5.74, 6) is -0.906. The minimum absolute atomic E-state index is 0.0745. The molecule has 21 heavy (non-hydrogen) atoms. The lowest BCUT2D eigenvalue weighted by Gasteiger charge is -2.10. The standard InChI is InChI=1S/C16H16N2O3/c1-11-5-2-3-8-14(11)18-16(21)17-13-7-4-6-12(9-13)10-15(19)20/h2-9H,10H2,1H3,(H,19,20)(H2,17,18,21). The first-order valence-electron chi connectivity index (χ1n) is 6.49. The van der Waals surface area contributed by atoms with Crippen molar-refractivity contribution in [2.75, 3.05) is 10.6 Å². The van der Waals surface area contributed by atoms with Crippen molar-refractivity contribution in [2.45, 2.75) is 13.3 Å². The van der Waals surface area contributed by atoms with Crippen LogP contribution < -0.4 is 10.6 Å². The van der Waals surface area contributed by atoms with E-state index >= 15 is 0 Å². The van der Waals surface area contributed by atoms with Crippen LogP contribution in [0, 0.1) is 6.92 Å². The predicted octanol–water partition coefficient (Wildman–Crippen LogP) is 3.27. The molecule has 0 aliphatic heterocycles. The summed E-state index contributed by atoms with van der Waals surface area (Å²) in [6, 6.07) is 13.9. The van der Waals surface area contributed by atoms with Gasteiger partial charge in [0, 0.05) is 11.4 Å². The highest BCUT2D eigenvalue weighted by atomic mass is 16.4. The Balaban J connectivity index is 2.03. The van der Waals surface area contributed by atoms with Crippen LogP contribution in [-0.4, -0.2) is 17.1 Å². The average Bonchev–Trinajstić information content (AvgIpc) is 2.41. The number of benzene rings is 2. The fourth-order valence-corrected chi connectivity index (χ4v) is 1.93. The van der Waals surface area contributed by atoms with Gasteiger partial charge in [0.15, 0.2) is 0 Å². The smallest absolute Gasteiger partial charge is 0.323 e. The molecule has 5 nitrogen and oxygen atoms in total. The third-order valence-electron chi connectivity index (χ3n) is 2.93. The number of para-hydroxylation sites is 1. The molecular weight excluding hydrogens is 268 g/mol. The maximum atomic E-state index is 11.9. The van der Waals surface area contributed by atoms with E-state index in [4.69, 9.17) is 5.11 Å². The maximum Gasteiger partial charge on any atom is 0.323 e. The zero-order valence-electron chi connectivity index (χ0n) is 11.6. The number of carboxylic acids is 1. The highest BCUT2D eigenvalue weighted by Crippen LogP contribution is 2.15. The molecular formula is C16H16N2O3. The first kappa shape index (κ1) is 14.6. The first-order valence-corrected chi connectivity index (χ1v) is 6.49. The van der Waals surface area contributed by atoms with E-state index in [1.54, 1.807) is 24.3 Å². The van der Waals surface area contributed by atoms with Crippen LogP contribution in [0.25, 0.3) is 0 Å². The topological polar surface area (TPSA) is 78.4 Å². The van der Waals surface area contributed by atoms with Crippen molar-refractivity contribution >= 4 is 23.4 Å². The van der Waals surface area contributed by atoms with Gasteiger partial charge in [0.25, 0.3) is 0 Å². The van der Waals surface area contributed by atoms with Crippen molar-refractivity contribution < 1.29 is 14.7 Å². The number of urea groups is 1. The summed E-state index contributed by atoms with van der Waals surface area (Å²) in [7, 11) is 0. The van der Waals surface area contributed by atoms with E-state index in [0.717, 1.165) is 11.3 Å². The maximum absolute atomic E-state index is 11.9. The minimum Gasteiger partial charge on any atom is -0.481 e. The molecule has 2 aromatic carbocycles. The number of nitrogens with one attached hydrogen (secondary N) is 2. The molecule has 0 saturated carbocycles. The monoisotopic (exact) mass is 284 g/mol. The van der Waals surface area contributed by atoms with Crippen molar-refractivity contribution in [3.63, 3.8) is 0 Å². The lowest BCUT2D eigenvalue weighted by Crippen LogP contribution is -2.20. The summed E-state index contributed by atoms with van der Waals surface area (Å²) < 4.78 is 0. The molecule has 0 fully saturated rings. The number of aliphatic carboxylic acids is 1. The van der Waals surface area contributed by atoms with Crippen LogP contribution in [0.5, 0.6) is 0 Å². The average molecular weight is 284 g/mol. The van der Waals surface area contributed by atoms with E-state index in [2.05, 4.69) is 10.6 Å². The molecule has 0 bridgehead atoms. The second kappa shape index (κ2) is 6.56. The third-order valence-corrected chi connectivity index (χ3v) is 2.93. The summed E-state index contributed by atoms with van der Waals surface area (Å²) in [5, 5.41) is 14.2. The molecule has 0 aliphatic carbocycles. The van der Waals surface area contributed by atoms with Crippen molar-refractivity contribution in [3.05, 3.63) is 59.7 Å². The van der Waals surface area contributed by atoms with Gasteiger partial charge < -0.3 is 15.7 Å². The Bertz CT molecular complexity index is 668. The molecule has 2 aromatic rings. The second-order valence-corrected chi connectivity index (χ2v) is 4.66. The number of hydrogen-bond acceptors (Lipinski definition) is 2. The van der Waals surface area contributed by atoms with E-state index in [1.807, 2.05) is 31.2 Å². The van der Waals surface area contributed by atoms with Gasteiger partial charge in [-0.3, -0.25) is 4.79 Å². The molecule has 5 heteroatoms. The largest absolute Gasteiger partial charge is 0.481 e. The van der Waals surface area contributed by atoms with Gasteiger partial charge in [-0.1, -0.05) is 30.3 Å². The van der Waals surface area contributed by atoms with Crippen LogP contribution in [0.3, 0.4) is 0 Å². The highest BCUT2D eigenvalue weighted by molar-refractivity contribution is 6.00.